The minimum Gasteiger partial charge on any atom is -0.369 e. The molecule has 0 saturated carbocycles. The fraction of sp³-hybridized carbons (Fsp3) is 0.167. The zero-order valence-electron chi connectivity index (χ0n) is 9.65. The van der Waals surface area contributed by atoms with E-state index in [1.165, 1.54) is 30.2 Å². The molecule has 0 fully saturated rings. The van der Waals surface area contributed by atoms with Crippen molar-refractivity contribution in [1.82, 2.24) is 9.97 Å². The SMILES string of the molecule is CCNc1ncnc(Sc2cccc(F)c2)c1Br. The summed E-state index contributed by atoms with van der Waals surface area (Å²) in [5, 5.41) is 3.88. The zero-order valence-corrected chi connectivity index (χ0v) is 12.1. The Balaban J connectivity index is 2.26. The van der Waals surface area contributed by atoms with Crippen LogP contribution in [0.1, 0.15) is 6.92 Å². The lowest BCUT2D eigenvalue weighted by Gasteiger charge is -2.08. The van der Waals surface area contributed by atoms with E-state index in [2.05, 4.69) is 31.2 Å². The van der Waals surface area contributed by atoms with Gasteiger partial charge in [0.25, 0.3) is 0 Å². The number of rotatable bonds is 4. The molecule has 0 atom stereocenters. The van der Waals surface area contributed by atoms with Crippen molar-refractivity contribution in [2.75, 3.05) is 11.9 Å². The maximum absolute atomic E-state index is 13.1. The monoisotopic (exact) mass is 327 g/mol. The molecule has 0 aliphatic heterocycles. The first-order chi connectivity index (χ1) is 8.70. The van der Waals surface area contributed by atoms with Gasteiger partial charge in [-0.2, -0.15) is 0 Å². The molecule has 1 heterocycles. The van der Waals surface area contributed by atoms with Crippen LogP contribution in [0.25, 0.3) is 0 Å². The Morgan fingerprint density at radius 3 is 2.94 bits per heavy atom. The minimum absolute atomic E-state index is 0.253. The van der Waals surface area contributed by atoms with Crippen LogP contribution >= 0.6 is 27.7 Å². The first-order valence-electron chi connectivity index (χ1n) is 5.38. The van der Waals surface area contributed by atoms with Crippen LogP contribution in [0.3, 0.4) is 0 Å². The molecule has 2 rings (SSSR count). The molecule has 0 bridgehead atoms. The third-order valence-electron chi connectivity index (χ3n) is 2.11. The molecule has 18 heavy (non-hydrogen) atoms. The van der Waals surface area contributed by atoms with Gasteiger partial charge in [-0.3, -0.25) is 0 Å². The molecule has 6 heteroatoms. The summed E-state index contributed by atoms with van der Waals surface area (Å²) in [6.07, 6.45) is 1.49. The van der Waals surface area contributed by atoms with Crippen LogP contribution < -0.4 is 5.32 Å². The predicted octanol–water partition coefficient (Wildman–Crippen LogP) is 3.96. The molecular formula is C12H11BrFN3S. The molecule has 0 aliphatic carbocycles. The van der Waals surface area contributed by atoms with Crippen molar-refractivity contribution >= 4 is 33.5 Å². The van der Waals surface area contributed by atoms with Crippen molar-refractivity contribution in [2.45, 2.75) is 16.8 Å². The van der Waals surface area contributed by atoms with Gasteiger partial charge in [0.05, 0.1) is 4.47 Å². The smallest absolute Gasteiger partial charge is 0.144 e. The molecule has 0 spiro atoms. The molecule has 0 unspecified atom stereocenters. The van der Waals surface area contributed by atoms with Gasteiger partial charge >= 0.3 is 0 Å². The van der Waals surface area contributed by atoms with Crippen molar-refractivity contribution in [2.24, 2.45) is 0 Å². The van der Waals surface area contributed by atoms with Crippen LogP contribution in [0.4, 0.5) is 10.2 Å². The second-order valence-corrected chi connectivity index (χ2v) is 5.29. The standard InChI is InChI=1S/C12H11BrFN3S/c1-2-15-11-10(13)12(17-7-16-11)18-9-5-3-4-8(14)6-9/h3-7H,2H2,1H3,(H,15,16,17). The van der Waals surface area contributed by atoms with Crippen LogP contribution in [-0.2, 0) is 0 Å². The second kappa shape index (κ2) is 6.15. The second-order valence-electron chi connectivity index (χ2n) is 3.43. The highest BCUT2D eigenvalue weighted by Crippen LogP contribution is 2.34. The number of halogens is 2. The summed E-state index contributed by atoms with van der Waals surface area (Å²) < 4.78 is 13.9. The van der Waals surface area contributed by atoms with Crippen LogP contribution in [0.15, 0.2) is 45.0 Å². The normalized spacial score (nSPS) is 10.4. The van der Waals surface area contributed by atoms with Crippen molar-refractivity contribution in [3.05, 3.63) is 40.9 Å². The Bertz CT molecular complexity index is 551. The van der Waals surface area contributed by atoms with Crippen LogP contribution in [0.5, 0.6) is 0 Å². The van der Waals surface area contributed by atoms with Gasteiger partial charge in [0, 0.05) is 11.4 Å². The van der Waals surface area contributed by atoms with E-state index in [9.17, 15) is 4.39 Å². The number of nitrogens with one attached hydrogen (secondary N) is 1. The molecule has 0 radical (unpaired) electrons. The number of aromatic nitrogens is 2. The third kappa shape index (κ3) is 3.20. The Morgan fingerprint density at radius 2 is 2.22 bits per heavy atom. The van der Waals surface area contributed by atoms with E-state index in [0.717, 1.165) is 26.8 Å². The lowest BCUT2D eigenvalue weighted by molar-refractivity contribution is 0.624. The Kier molecular flexibility index (Phi) is 4.54. The molecule has 0 aliphatic rings. The van der Waals surface area contributed by atoms with Crippen molar-refractivity contribution in [3.63, 3.8) is 0 Å². The summed E-state index contributed by atoms with van der Waals surface area (Å²) in [5.41, 5.74) is 0. The molecule has 1 aromatic heterocycles. The minimum atomic E-state index is -0.253. The fourth-order valence-electron chi connectivity index (χ4n) is 1.36. The van der Waals surface area contributed by atoms with Gasteiger partial charge < -0.3 is 5.32 Å². The highest BCUT2D eigenvalue weighted by molar-refractivity contribution is 9.10. The van der Waals surface area contributed by atoms with Gasteiger partial charge in [-0.1, -0.05) is 17.8 Å². The zero-order chi connectivity index (χ0) is 13.0. The molecule has 1 N–H and O–H groups in total. The van der Waals surface area contributed by atoms with E-state index < -0.39 is 0 Å². The lowest BCUT2D eigenvalue weighted by Crippen LogP contribution is -2.01. The average molecular weight is 328 g/mol. The van der Waals surface area contributed by atoms with E-state index in [-0.39, 0.29) is 5.82 Å². The number of benzene rings is 1. The first kappa shape index (κ1) is 13.3. The van der Waals surface area contributed by atoms with E-state index in [0.29, 0.717) is 0 Å². The highest BCUT2D eigenvalue weighted by atomic mass is 79.9. The first-order valence-corrected chi connectivity index (χ1v) is 6.99. The van der Waals surface area contributed by atoms with Crippen molar-refractivity contribution in [1.29, 1.82) is 0 Å². The molecule has 2 aromatic rings. The number of hydrogen-bond donors (Lipinski definition) is 1. The summed E-state index contributed by atoms with van der Waals surface area (Å²) in [4.78, 5) is 9.12. The average Bonchev–Trinajstić information content (AvgIpc) is 2.35. The van der Waals surface area contributed by atoms with Crippen LogP contribution in [-0.4, -0.2) is 16.5 Å². The van der Waals surface area contributed by atoms with Crippen LogP contribution in [0.2, 0.25) is 0 Å². The van der Waals surface area contributed by atoms with Crippen molar-refractivity contribution < 1.29 is 4.39 Å². The Labute approximate surface area is 117 Å². The highest BCUT2D eigenvalue weighted by Gasteiger charge is 2.09. The largest absolute Gasteiger partial charge is 0.369 e. The maximum atomic E-state index is 13.1. The molecular weight excluding hydrogens is 317 g/mol. The maximum Gasteiger partial charge on any atom is 0.144 e. The summed E-state index contributed by atoms with van der Waals surface area (Å²) in [6.45, 7) is 2.77. The van der Waals surface area contributed by atoms with Gasteiger partial charge in [0.2, 0.25) is 0 Å². The molecule has 3 nitrogen and oxygen atoms in total. The Morgan fingerprint density at radius 1 is 1.39 bits per heavy atom. The van der Waals surface area contributed by atoms with Gasteiger partial charge in [0.15, 0.2) is 0 Å². The number of hydrogen-bond acceptors (Lipinski definition) is 4. The van der Waals surface area contributed by atoms with E-state index in [4.69, 9.17) is 0 Å². The van der Waals surface area contributed by atoms with Gasteiger partial charge in [0.1, 0.15) is 23.0 Å². The van der Waals surface area contributed by atoms with Gasteiger partial charge in [-0.15, -0.1) is 0 Å². The third-order valence-corrected chi connectivity index (χ3v) is 4.12. The molecule has 94 valence electrons. The predicted molar refractivity (Wildman–Crippen MR) is 74.4 cm³/mol. The van der Waals surface area contributed by atoms with Gasteiger partial charge in [-0.05, 0) is 41.1 Å². The summed E-state index contributed by atoms with van der Waals surface area (Å²) >= 11 is 4.85. The fourth-order valence-corrected chi connectivity index (χ4v) is 2.77. The van der Waals surface area contributed by atoms with E-state index in [1.807, 2.05) is 13.0 Å². The Hall–Kier alpha value is -1.14. The summed E-state index contributed by atoms with van der Waals surface area (Å²) in [6, 6.07) is 6.42. The molecule has 0 amide bonds. The number of nitrogens with zero attached hydrogens (tertiary/aromatic N) is 2. The lowest BCUT2D eigenvalue weighted by atomic mass is 10.4. The van der Waals surface area contributed by atoms with Crippen molar-refractivity contribution in [3.8, 4) is 0 Å². The number of anilines is 1. The quantitative estimate of drug-likeness (QED) is 0.862. The van der Waals surface area contributed by atoms with Gasteiger partial charge in [-0.25, -0.2) is 14.4 Å². The molecule has 1 aromatic carbocycles. The van der Waals surface area contributed by atoms with E-state index >= 15 is 0 Å². The summed E-state index contributed by atoms with van der Waals surface area (Å²) in [5.74, 6) is 0.489. The summed E-state index contributed by atoms with van der Waals surface area (Å²) in [7, 11) is 0. The van der Waals surface area contributed by atoms with Crippen LogP contribution in [0, 0.1) is 5.82 Å². The molecule has 0 saturated heterocycles. The topological polar surface area (TPSA) is 37.8 Å². The van der Waals surface area contributed by atoms with E-state index in [1.54, 1.807) is 6.07 Å².